The van der Waals surface area contributed by atoms with Crippen LogP contribution in [0.15, 0.2) is 71.2 Å². The summed E-state index contributed by atoms with van der Waals surface area (Å²) in [6, 6.07) is 18.4. The number of carbonyl (C=O) groups is 1. The number of hydrogen-bond acceptors (Lipinski definition) is 7. The van der Waals surface area contributed by atoms with E-state index < -0.39 is 40.9 Å². The van der Waals surface area contributed by atoms with Crippen LogP contribution in [-0.4, -0.2) is 43.3 Å². The van der Waals surface area contributed by atoms with E-state index in [1.54, 1.807) is 48.5 Å². The summed E-state index contributed by atoms with van der Waals surface area (Å²) in [4.78, 5) is 13.1. The van der Waals surface area contributed by atoms with Crippen molar-refractivity contribution in [1.29, 1.82) is 0 Å². The van der Waals surface area contributed by atoms with Crippen molar-refractivity contribution in [2.45, 2.75) is 23.2 Å². The Bertz CT molecular complexity index is 1290. The second kappa shape index (κ2) is 9.15. The quantitative estimate of drug-likeness (QED) is 0.349. The van der Waals surface area contributed by atoms with Crippen LogP contribution in [0.4, 0.5) is 4.39 Å². The largest absolute Gasteiger partial charge is 0.478 e. The number of esters is 1. The van der Waals surface area contributed by atoms with E-state index in [0.29, 0.717) is 11.1 Å². The van der Waals surface area contributed by atoms with E-state index in [4.69, 9.17) is 18.9 Å². The summed E-state index contributed by atoms with van der Waals surface area (Å²) >= 11 is 3.41. The van der Waals surface area contributed by atoms with Gasteiger partial charge in [-0.25, -0.2) is 4.39 Å². The normalized spacial score (nSPS) is 28.2. The Balaban J connectivity index is 1.83. The Hall–Kier alpha value is -2.98. The third-order valence-electron chi connectivity index (χ3n) is 7.06. The number of carbonyl (C=O) groups excluding carboxylic acids is 1. The third kappa shape index (κ3) is 3.37. The molecule has 3 aromatic carbocycles. The second-order valence-electron chi connectivity index (χ2n) is 8.82. The molecule has 188 valence electrons. The molecule has 36 heavy (non-hydrogen) atoms. The highest BCUT2D eigenvalue weighted by Gasteiger charge is 2.78. The lowest BCUT2D eigenvalue weighted by atomic mass is 9.70. The average Bonchev–Trinajstić information content (AvgIpc) is 3.26. The molecule has 1 aliphatic heterocycles. The van der Waals surface area contributed by atoms with Gasteiger partial charge < -0.3 is 29.2 Å². The molecule has 9 heteroatoms. The zero-order chi connectivity index (χ0) is 25.7. The minimum atomic E-state index is -2.35. The lowest BCUT2D eigenvalue weighted by molar-refractivity contribution is -0.161. The molecule has 1 heterocycles. The molecule has 0 spiro atoms. The maximum absolute atomic E-state index is 15.7. The Morgan fingerprint density at radius 3 is 2.44 bits per heavy atom. The van der Waals surface area contributed by atoms with Crippen LogP contribution in [0.3, 0.4) is 0 Å². The van der Waals surface area contributed by atoms with Crippen LogP contribution in [0, 0.1) is 11.7 Å². The van der Waals surface area contributed by atoms with E-state index in [2.05, 4.69) is 15.9 Å². The van der Waals surface area contributed by atoms with Crippen LogP contribution >= 0.6 is 15.9 Å². The molecule has 0 amide bonds. The van der Waals surface area contributed by atoms with Crippen molar-refractivity contribution in [3.63, 3.8) is 0 Å². The molecule has 7 nitrogen and oxygen atoms in total. The van der Waals surface area contributed by atoms with Crippen LogP contribution < -0.4 is 9.47 Å². The molecule has 1 aliphatic carbocycles. The van der Waals surface area contributed by atoms with E-state index in [-0.39, 0.29) is 23.9 Å². The van der Waals surface area contributed by atoms with Crippen LogP contribution in [0.2, 0.25) is 0 Å². The van der Waals surface area contributed by atoms with Gasteiger partial charge in [-0.15, -0.1) is 0 Å². The molecular formula is C27H24BrFO7. The van der Waals surface area contributed by atoms with Gasteiger partial charge in [-0.05, 0) is 23.3 Å². The SMILES string of the molecule is COCOc1cc(F)c2c(c1)O[C@@]1(c3ccc(Br)cc3)[C@H](c3ccccc3)[C@@H](C(=O)OC)[C@@H](O)[C@@]21O. The molecule has 0 aromatic heterocycles. The smallest absolute Gasteiger partial charge is 0.312 e. The predicted octanol–water partition coefficient (Wildman–Crippen LogP) is 3.99. The van der Waals surface area contributed by atoms with Crippen molar-refractivity contribution in [1.82, 2.24) is 0 Å². The van der Waals surface area contributed by atoms with E-state index in [1.807, 2.05) is 6.07 Å². The highest BCUT2D eigenvalue weighted by atomic mass is 79.9. The molecule has 0 saturated heterocycles. The van der Waals surface area contributed by atoms with Crippen molar-refractivity contribution < 1.29 is 38.3 Å². The number of aliphatic hydroxyl groups excluding tert-OH is 1. The fourth-order valence-corrected chi connectivity index (χ4v) is 5.94. The third-order valence-corrected chi connectivity index (χ3v) is 7.59. The van der Waals surface area contributed by atoms with Crippen molar-refractivity contribution in [3.8, 4) is 11.5 Å². The van der Waals surface area contributed by atoms with Crippen LogP contribution in [0.5, 0.6) is 11.5 Å². The van der Waals surface area contributed by atoms with Crippen LogP contribution in [-0.2, 0) is 25.5 Å². The minimum Gasteiger partial charge on any atom is -0.478 e. The molecule has 0 bridgehead atoms. The molecule has 2 aliphatic rings. The first-order valence-corrected chi connectivity index (χ1v) is 12.0. The highest BCUT2D eigenvalue weighted by molar-refractivity contribution is 9.10. The van der Waals surface area contributed by atoms with Crippen LogP contribution in [0.25, 0.3) is 0 Å². The summed E-state index contributed by atoms with van der Waals surface area (Å²) in [5.41, 5.74) is -3.33. The molecule has 5 rings (SSSR count). The Morgan fingerprint density at radius 1 is 1.11 bits per heavy atom. The van der Waals surface area contributed by atoms with Crippen molar-refractivity contribution in [2.24, 2.45) is 5.92 Å². The molecule has 1 saturated carbocycles. The predicted molar refractivity (Wildman–Crippen MR) is 130 cm³/mol. The summed E-state index contributed by atoms with van der Waals surface area (Å²) in [5.74, 6) is -3.68. The minimum absolute atomic E-state index is 0.00480. The Morgan fingerprint density at radius 2 is 1.81 bits per heavy atom. The van der Waals surface area contributed by atoms with Gasteiger partial charge in [0.25, 0.3) is 0 Å². The van der Waals surface area contributed by atoms with Gasteiger partial charge in [-0.3, -0.25) is 4.79 Å². The number of methoxy groups -OCH3 is 2. The van der Waals surface area contributed by atoms with Gasteiger partial charge in [0.2, 0.25) is 0 Å². The number of rotatable bonds is 6. The van der Waals surface area contributed by atoms with Crippen LogP contribution in [0.1, 0.15) is 22.6 Å². The molecule has 1 fully saturated rings. The molecule has 0 unspecified atom stereocenters. The van der Waals surface area contributed by atoms with Crippen molar-refractivity contribution in [2.75, 3.05) is 21.0 Å². The number of hydrogen-bond donors (Lipinski definition) is 2. The topological polar surface area (TPSA) is 94.5 Å². The van der Waals surface area contributed by atoms with E-state index >= 15 is 4.39 Å². The number of aliphatic hydroxyl groups is 2. The van der Waals surface area contributed by atoms with Gasteiger partial charge in [0.05, 0.1) is 18.6 Å². The monoisotopic (exact) mass is 558 g/mol. The van der Waals surface area contributed by atoms with E-state index in [9.17, 15) is 15.0 Å². The summed E-state index contributed by atoms with van der Waals surface area (Å²) in [5, 5.41) is 24.1. The maximum atomic E-state index is 15.7. The summed E-state index contributed by atoms with van der Waals surface area (Å²) < 4.78 is 38.4. The Kier molecular flexibility index (Phi) is 6.28. The van der Waals surface area contributed by atoms with Gasteiger partial charge in [0, 0.05) is 29.6 Å². The first kappa shape index (κ1) is 24.7. The van der Waals surface area contributed by atoms with Gasteiger partial charge in [-0.1, -0.05) is 58.4 Å². The second-order valence-corrected chi connectivity index (χ2v) is 9.74. The maximum Gasteiger partial charge on any atom is 0.312 e. The summed E-state index contributed by atoms with van der Waals surface area (Å²) in [7, 11) is 2.64. The molecule has 2 N–H and O–H groups in total. The number of benzene rings is 3. The molecule has 0 radical (unpaired) electrons. The van der Waals surface area contributed by atoms with Gasteiger partial charge in [0.1, 0.15) is 23.4 Å². The van der Waals surface area contributed by atoms with Crippen molar-refractivity contribution >= 4 is 21.9 Å². The lowest BCUT2D eigenvalue weighted by Crippen LogP contribution is -2.52. The number of fused-ring (bicyclic) bond motifs is 3. The number of ether oxygens (including phenoxy) is 4. The molecule has 3 aromatic rings. The van der Waals surface area contributed by atoms with Crippen molar-refractivity contribution in [3.05, 3.63) is 93.7 Å². The zero-order valence-electron chi connectivity index (χ0n) is 19.5. The highest BCUT2D eigenvalue weighted by Crippen LogP contribution is 2.69. The van der Waals surface area contributed by atoms with Gasteiger partial charge in [0.15, 0.2) is 18.0 Å². The first-order valence-electron chi connectivity index (χ1n) is 11.2. The van der Waals surface area contributed by atoms with Gasteiger partial charge >= 0.3 is 5.97 Å². The average molecular weight is 559 g/mol. The molecule has 5 atom stereocenters. The standard InChI is InChI=1S/C27H24BrFO7/c1-33-14-35-18-12-19(29)23-20(13-18)36-27(16-8-10-17(28)11-9-16)22(15-6-4-3-5-7-15)21(25(31)34-2)24(30)26(23,27)32/h3-13,21-22,24,30,32H,14H2,1-2H3/t21-,22-,24-,26+,27+/m1/s1. The first-order chi connectivity index (χ1) is 17.3. The zero-order valence-corrected chi connectivity index (χ0v) is 21.1. The fraction of sp³-hybridized carbons (Fsp3) is 0.296. The molecular weight excluding hydrogens is 535 g/mol. The Labute approximate surface area is 215 Å². The van der Waals surface area contributed by atoms with Gasteiger partial charge in [-0.2, -0.15) is 0 Å². The summed E-state index contributed by atoms with van der Waals surface area (Å²) in [6.07, 6.45) is -1.76. The number of halogens is 2. The van der Waals surface area contributed by atoms with E-state index in [1.165, 1.54) is 20.3 Å². The summed E-state index contributed by atoms with van der Waals surface area (Å²) in [6.45, 7) is -0.125. The fourth-order valence-electron chi connectivity index (χ4n) is 5.68. The lowest BCUT2D eigenvalue weighted by Gasteiger charge is -2.40. The van der Waals surface area contributed by atoms with E-state index in [0.717, 1.165) is 10.5 Å².